The van der Waals surface area contributed by atoms with Gasteiger partial charge in [0, 0.05) is 12.1 Å². The van der Waals surface area contributed by atoms with E-state index in [9.17, 15) is 14.7 Å². The highest BCUT2D eigenvalue weighted by Gasteiger charge is 2.26. The summed E-state index contributed by atoms with van der Waals surface area (Å²) in [6, 6.07) is 5.25. The molecule has 0 unspecified atom stereocenters. The van der Waals surface area contributed by atoms with E-state index in [0.717, 1.165) is 25.7 Å². The zero-order valence-corrected chi connectivity index (χ0v) is 15.4. The fourth-order valence-electron chi connectivity index (χ4n) is 2.96. The highest BCUT2D eigenvalue weighted by molar-refractivity contribution is 5.97. The first-order valence-corrected chi connectivity index (χ1v) is 8.74. The SMILES string of the molecule is Cc1cccc(C(=O)NC2CCC(NC(=O)OC(C)(C)C)CC2)c1O. The van der Waals surface area contributed by atoms with Gasteiger partial charge in [0.15, 0.2) is 0 Å². The van der Waals surface area contributed by atoms with Crippen LogP contribution in [0.25, 0.3) is 0 Å². The van der Waals surface area contributed by atoms with Crippen LogP contribution in [0.1, 0.15) is 62.4 Å². The van der Waals surface area contributed by atoms with E-state index in [1.807, 2.05) is 20.8 Å². The molecule has 0 aromatic heterocycles. The smallest absolute Gasteiger partial charge is 0.407 e. The summed E-state index contributed by atoms with van der Waals surface area (Å²) >= 11 is 0. The summed E-state index contributed by atoms with van der Waals surface area (Å²) in [4.78, 5) is 24.2. The van der Waals surface area contributed by atoms with Gasteiger partial charge < -0.3 is 20.5 Å². The van der Waals surface area contributed by atoms with Gasteiger partial charge >= 0.3 is 6.09 Å². The lowest BCUT2D eigenvalue weighted by Crippen LogP contribution is -2.45. The van der Waals surface area contributed by atoms with Crippen LogP contribution in [0.5, 0.6) is 5.75 Å². The molecule has 0 spiro atoms. The van der Waals surface area contributed by atoms with Gasteiger partial charge in [0.2, 0.25) is 0 Å². The average molecular weight is 348 g/mol. The summed E-state index contributed by atoms with van der Waals surface area (Å²) in [5, 5.41) is 15.9. The predicted octanol–water partition coefficient (Wildman–Crippen LogP) is 3.27. The summed E-state index contributed by atoms with van der Waals surface area (Å²) in [5.74, 6) is -0.231. The molecule has 2 amide bonds. The second-order valence-corrected chi connectivity index (χ2v) is 7.64. The van der Waals surface area contributed by atoms with Crippen LogP contribution in [-0.2, 0) is 4.74 Å². The van der Waals surface area contributed by atoms with Gasteiger partial charge in [-0.05, 0) is 65.0 Å². The summed E-state index contributed by atoms with van der Waals surface area (Å²) in [5.41, 5.74) is 0.470. The third-order valence-electron chi connectivity index (χ3n) is 4.27. The number of hydrogen-bond donors (Lipinski definition) is 3. The fraction of sp³-hybridized carbons (Fsp3) is 0.579. The number of amides is 2. The van der Waals surface area contributed by atoms with E-state index in [-0.39, 0.29) is 23.7 Å². The summed E-state index contributed by atoms with van der Waals surface area (Å²) in [7, 11) is 0. The number of alkyl carbamates (subject to hydrolysis) is 1. The molecule has 0 heterocycles. The first-order chi connectivity index (χ1) is 11.7. The van der Waals surface area contributed by atoms with E-state index < -0.39 is 11.7 Å². The molecule has 1 aromatic rings. The fourth-order valence-corrected chi connectivity index (χ4v) is 2.96. The zero-order chi connectivity index (χ0) is 18.6. The van der Waals surface area contributed by atoms with Crippen molar-refractivity contribution in [1.29, 1.82) is 0 Å². The lowest BCUT2D eigenvalue weighted by atomic mass is 9.91. The topological polar surface area (TPSA) is 87.7 Å². The molecule has 0 atom stereocenters. The number of carbonyl (C=O) groups is 2. The zero-order valence-electron chi connectivity index (χ0n) is 15.4. The number of nitrogens with one attached hydrogen (secondary N) is 2. The first kappa shape index (κ1) is 19.1. The van der Waals surface area contributed by atoms with Crippen molar-refractivity contribution in [3.8, 4) is 5.75 Å². The molecule has 1 aromatic carbocycles. The highest BCUT2D eigenvalue weighted by Crippen LogP contribution is 2.23. The second-order valence-electron chi connectivity index (χ2n) is 7.64. The minimum Gasteiger partial charge on any atom is -0.507 e. The molecular weight excluding hydrogens is 320 g/mol. The number of phenolic OH excluding ortho intramolecular Hbond substituents is 1. The Morgan fingerprint density at radius 3 is 2.20 bits per heavy atom. The van der Waals surface area contributed by atoms with Crippen molar-refractivity contribution in [3.63, 3.8) is 0 Å². The van der Waals surface area contributed by atoms with Crippen LogP contribution in [0.4, 0.5) is 4.79 Å². The third-order valence-corrected chi connectivity index (χ3v) is 4.27. The Balaban J connectivity index is 1.81. The molecule has 25 heavy (non-hydrogen) atoms. The summed E-state index contributed by atoms with van der Waals surface area (Å²) in [6.07, 6.45) is 2.72. The number of aryl methyl sites for hydroxylation is 1. The van der Waals surface area contributed by atoms with Gasteiger partial charge in [0.25, 0.3) is 5.91 Å². The molecule has 0 bridgehead atoms. The normalized spacial score (nSPS) is 20.6. The lowest BCUT2D eigenvalue weighted by Gasteiger charge is -2.30. The maximum absolute atomic E-state index is 12.3. The van der Waals surface area contributed by atoms with Gasteiger partial charge in [-0.15, -0.1) is 0 Å². The molecule has 3 N–H and O–H groups in total. The van der Waals surface area contributed by atoms with Crippen molar-refractivity contribution in [3.05, 3.63) is 29.3 Å². The van der Waals surface area contributed by atoms with E-state index in [2.05, 4.69) is 10.6 Å². The minimum absolute atomic E-state index is 0.0280. The quantitative estimate of drug-likeness (QED) is 0.782. The average Bonchev–Trinajstić information content (AvgIpc) is 2.50. The molecule has 0 radical (unpaired) electrons. The summed E-state index contributed by atoms with van der Waals surface area (Å²) < 4.78 is 5.27. The number of carbonyl (C=O) groups excluding carboxylic acids is 2. The van der Waals surface area contributed by atoms with E-state index in [1.54, 1.807) is 25.1 Å². The van der Waals surface area contributed by atoms with Gasteiger partial charge in [-0.25, -0.2) is 4.79 Å². The standard InChI is InChI=1S/C19H28N2O4/c1-12-6-5-7-15(16(12)22)17(23)20-13-8-10-14(11-9-13)21-18(24)25-19(2,3)4/h5-7,13-14,22H,8-11H2,1-4H3,(H,20,23)(H,21,24). The third kappa shape index (κ3) is 5.66. The molecule has 0 aliphatic heterocycles. The van der Waals surface area contributed by atoms with Crippen molar-refractivity contribution < 1.29 is 19.4 Å². The predicted molar refractivity (Wildman–Crippen MR) is 95.7 cm³/mol. The van der Waals surface area contributed by atoms with Gasteiger partial charge in [-0.3, -0.25) is 4.79 Å². The summed E-state index contributed by atoms with van der Waals surface area (Å²) in [6.45, 7) is 7.26. The Bertz CT molecular complexity index is 629. The monoisotopic (exact) mass is 348 g/mol. The Kier molecular flexibility index (Phi) is 5.93. The van der Waals surface area contributed by atoms with Gasteiger partial charge in [0.1, 0.15) is 11.4 Å². The molecule has 138 valence electrons. The molecule has 1 saturated carbocycles. The van der Waals surface area contributed by atoms with E-state index in [4.69, 9.17) is 4.74 Å². The second kappa shape index (κ2) is 7.76. The Labute approximate surface area is 149 Å². The molecule has 1 aliphatic carbocycles. The van der Waals surface area contributed by atoms with Crippen LogP contribution < -0.4 is 10.6 Å². The number of para-hydroxylation sites is 1. The van der Waals surface area contributed by atoms with Crippen LogP contribution in [0.2, 0.25) is 0 Å². The van der Waals surface area contributed by atoms with Gasteiger partial charge in [-0.1, -0.05) is 12.1 Å². The molecule has 6 nitrogen and oxygen atoms in total. The number of phenols is 1. The molecule has 1 aliphatic rings. The minimum atomic E-state index is -0.509. The van der Waals surface area contributed by atoms with Crippen molar-refractivity contribution >= 4 is 12.0 Å². The van der Waals surface area contributed by atoms with E-state index in [0.29, 0.717) is 11.1 Å². The van der Waals surface area contributed by atoms with E-state index >= 15 is 0 Å². The highest BCUT2D eigenvalue weighted by atomic mass is 16.6. The maximum atomic E-state index is 12.3. The van der Waals surface area contributed by atoms with Crippen molar-refractivity contribution in [2.75, 3.05) is 0 Å². The largest absolute Gasteiger partial charge is 0.507 e. The van der Waals surface area contributed by atoms with Gasteiger partial charge in [0.05, 0.1) is 5.56 Å². The van der Waals surface area contributed by atoms with Crippen LogP contribution >= 0.6 is 0 Å². The molecule has 2 rings (SSSR count). The number of hydrogen-bond acceptors (Lipinski definition) is 4. The first-order valence-electron chi connectivity index (χ1n) is 8.74. The number of rotatable bonds is 3. The van der Waals surface area contributed by atoms with Gasteiger partial charge in [-0.2, -0.15) is 0 Å². The number of benzene rings is 1. The maximum Gasteiger partial charge on any atom is 0.407 e. The molecule has 0 saturated heterocycles. The van der Waals surface area contributed by atoms with Crippen molar-refractivity contribution in [1.82, 2.24) is 10.6 Å². The molecular formula is C19H28N2O4. The Hall–Kier alpha value is -2.24. The van der Waals surface area contributed by atoms with Crippen molar-refractivity contribution in [2.45, 2.75) is 71.1 Å². The molecule has 6 heteroatoms. The van der Waals surface area contributed by atoms with Crippen LogP contribution in [0.3, 0.4) is 0 Å². The van der Waals surface area contributed by atoms with Crippen LogP contribution in [-0.4, -0.2) is 34.8 Å². The van der Waals surface area contributed by atoms with E-state index in [1.165, 1.54) is 0 Å². The Morgan fingerprint density at radius 2 is 1.64 bits per heavy atom. The van der Waals surface area contributed by atoms with Crippen LogP contribution in [0, 0.1) is 6.92 Å². The number of ether oxygens (including phenoxy) is 1. The number of aromatic hydroxyl groups is 1. The molecule has 1 fully saturated rings. The lowest BCUT2D eigenvalue weighted by molar-refractivity contribution is 0.0488. The van der Waals surface area contributed by atoms with Crippen LogP contribution in [0.15, 0.2) is 18.2 Å². The van der Waals surface area contributed by atoms with Crippen molar-refractivity contribution in [2.24, 2.45) is 0 Å². The Morgan fingerprint density at radius 1 is 1.08 bits per heavy atom.